The number of benzene rings is 3. The van der Waals surface area contributed by atoms with E-state index >= 15 is 0 Å². The molecule has 1 aliphatic rings. The van der Waals surface area contributed by atoms with E-state index in [1.807, 2.05) is 66.1 Å². The Labute approximate surface area is 200 Å². The van der Waals surface area contributed by atoms with E-state index < -0.39 is 6.04 Å². The van der Waals surface area contributed by atoms with Crippen molar-refractivity contribution in [1.29, 1.82) is 0 Å². The summed E-state index contributed by atoms with van der Waals surface area (Å²) in [5, 5.41) is 10.1. The Morgan fingerprint density at radius 1 is 1.00 bits per heavy atom. The van der Waals surface area contributed by atoms with Crippen LogP contribution in [0.15, 0.2) is 88.3 Å². The van der Waals surface area contributed by atoms with Crippen molar-refractivity contribution in [2.45, 2.75) is 19.4 Å². The molecule has 1 atom stereocenters. The zero-order chi connectivity index (χ0) is 23.2. The van der Waals surface area contributed by atoms with Crippen LogP contribution in [0.5, 0.6) is 0 Å². The minimum Gasteiger partial charge on any atom is -0.453 e. The molecule has 0 amide bonds. The SMILES string of the molecule is Cc1nnc2n1-c1ccccc1C(c1ccccc1)=NC2CC(=O)c1cc2cc(Cl)ccc2o1. The highest BCUT2D eigenvalue weighted by Crippen LogP contribution is 2.34. The summed E-state index contributed by atoms with van der Waals surface area (Å²) in [4.78, 5) is 18.4. The molecular weight excluding hydrogens is 448 g/mol. The molecule has 0 fully saturated rings. The minimum atomic E-state index is -0.534. The first-order valence-corrected chi connectivity index (χ1v) is 11.3. The highest BCUT2D eigenvalue weighted by atomic mass is 35.5. The largest absolute Gasteiger partial charge is 0.453 e. The number of aryl methyl sites for hydroxylation is 1. The average Bonchev–Trinajstić information content (AvgIpc) is 3.42. The number of Topliss-reactive ketones (excluding diaryl/α,β-unsaturated/α-hetero) is 1. The van der Waals surface area contributed by atoms with Gasteiger partial charge in [-0.3, -0.25) is 14.4 Å². The van der Waals surface area contributed by atoms with Crippen LogP contribution in [0.1, 0.15) is 45.8 Å². The molecule has 3 heterocycles. The second-order valence-electron chi connectivity index (χ2n) is 8.24. The van der Waals surface area contributed by atoms with Gasteiger partial charge in [0.2, 0.25) is 5.78 Å². The Kier molecular flexibility index (Phi) is 4.89. The van der Waals surface area contributed by atoms with Crippen LogP contribution in [0, 0.1) is 6.92 Å². The zero-order valence-corrected chi connectivity index (χ0v) is 19.0. The van der Waals surface area contributed by atoms with Crippen molar-refractivity contribution in [3.63, 3.8) is 0 Å². The van der Waals surface area contributed by atoms with Crippen molar-refractivity contribution < 1.29 is 9.21 Å². The van der Waals surface area contributed by atoms with Gasteiger partial charge in [0, 0.05) is 28.0 Å². The number of halogens is 1. The highest BCUT2D eigenvalue weighted by Gasteiger charge is 2.30. The number of ketones is 1. The number of hydrogen-bond donors (Lipinski definition) is 0. The average molecular weight is 467 g/mol. The fraction of sp³-hybridized carbons (Fsp3) is 0.111. The smallest absolute Gasteiger partial charge is 0.200 e. The molecule has 0 saturated heterocycles. The Hall–Kier alpha value is -4.03. The quantitative estimate of drug-likeness (QED) is 0.298. The van der Waals surface area contributed by atoms with E-state index in [0.717, 1.165) is 33.7 Å². The van der Waals surface area contributed by atoms with Gasteiger partial charge in [0.1, 0.15) is 17.4 Å². The van der Waals surface area contributed by atoms with E-state index in [2.05, 4.69) is 10.2 Å². The van der Waals surface area contributed by atoms with E-state index in [1.54, 1.807) is 24.3 Å². The molecule has 3 aromatic carbocycles. The first-order valence-electron chi connectivity index (χ1n) is 11.0. The standard InChI is InChI=1S/C27H19ClN4O2/c1-16-30-31-27-21(15-23(33)25-14-18-13-19(28)11-12-24(18)34-25)29-26(17-7-3-2-4-8-17)20-9-5-6-10-22(20)32(16)27/h2-14,21H,15H2,1H3. The third kappa shape index (κ3) is 3.43. The van der Waals surface area contributed by atoms with Gasteiger partial charge in [0.05, 0.1) is 11.4 Å². The monoisotopic (exact) mass is 466 g/mol. The maximum Gasteiger partial charge on any atom is 0.200 e. The number of hydrogen-bond acceptors (Lipinski definition) is 5. The van der Waals surface area contributed by atoms with Gasteiger partial charge in [-0.05, 0) is 37.3 Å². The number of furan rings is 1. The van der Waals surface area contributed by atoms with Crippen LogP contribution in [0.3, 0.4) is 0 Å². The molecule has 0 bridgehead atoms. The molecule has 0 radical (unpaired) electrons. The van der Waals surface area contributed by atoms with Crippen molar-refractivity contribution in [2.24, 2.45) is 4.99 Å². The molecule has 5 aromatic rings. The second kappa shape index (κ2) is 8.08. The summed E-state index contributed by atoms with van der Waals surface area (Å²) >= 11 is 6.10. The van der Waals surface area contributed by atoms with Crippen LogP contribution in [0.25, 0.3) is 16.7 Å². The number of rotatable bonds is 4. The molecule has 7 heteroatoms. The summed E-state index contributed by atoms with van der Waals surface area (Å²) in [5.74, 6) is 1.48. The number of aliphatic imine (C=N–C) groups is 1. The third-order valence-electron chi connectivity index (χ3n) is 6.01. The molecule has 6 rings (SSSR count). The number of para-hydroxylation sites is 1. The second-order valence-corrected chi connectivity index (χ2v) is 8.67. The summed E-state index contributed by atoms with van der Waals surface area (Å²) in [6, 6.07) is 24.5. The molecule has 1 unspecified atom stereocenters. The fourth-order valence-corrected chi connectivity index (χ4v) is 4.62. The van der Waals surface area contributed by atoms with Gasteiger partial charge in [0.25, 0.3) is 0 Å². The van der Waals surface area contributed by atoms with Crippen molar-refractivity contribution >= 4 is 34.1 Å². The predicted molar refractivity (Wildman–Crippen MR) is 131 cm³/mol. The molecule has 6 nitrogen and oxygen atoms in total. The van der Waals surface area contributed by atoms with Crippen LogP contribution in [-0.4, -0.2) is 26.3 Å². The van der Waals surface area contributed by atoms with Crippen LogP contribution >= 0.6 is 11.6 Å². The number of fused-ring (bicyclic) bond motifs is 4. The molecular formula is C27H19ClN4O2. The van der Waals surface area contributed by atoms with Gasteiger partial charge >= 0.3 is 0 Å². The summed E-state index contributed by atoms with van der Waals surface area (Å²) < 4.78 is 7.82. The molecule has 166 valence electrons. The van der Waals surface area contributed by atoms with Crippen molar-refractivity contribution in [1.82, 2.24) is 14.8 Å². The van der Waals surface area contributed by atoms with E-state index in [-0.39, 0.29) is 18.0 Å². The Morgan fingerprint density at radius 2 is 1.79 bits per heavy atom. The molecule has 0 aliphatic carbocycles. The van der Waals surface area contributed by atoms with E-state index in [0.29, 0.717) is 16.4 Å². The van der Waals surface area contributed by atoms with Gasteiger partial charge < -0.3 is 4.42 Å². The minimum absolute atomic E-state index is 0.0933. The maximum absolute atomic E-state index is 13.4. The molecule has 2 aromatic heterocycles. The fourth-order valence-electron chi connectivity index (χ4n) is 4.44. The van der Waals surface area contributed by atoms with Crippen molar-refractivity contribution in [3.05, 3.63) is 112 Å². The number of carbonyl (C=O) groups excluding carboxylic acids is 1. The number of nitrogens with zero attached hydrogens (tertiary/aromatic N) is 4. The van der Waals surface area contributed by atoms with Gasteiger partial charge in [-0.1, -0.05) is 60.1 Å². The van der Waals surface area contributed by atoms with Crippen LogP contribution < -0.4 is 0 Å². The summed E-state index contributed by atoms with van der Waals surface area (Å²) in [6.07, 6.45) is 0.0933. The number of carbonyl (C=O) groups is 1. The highest BCUT2D eigenvalue weighted by molar-refractivity contribution is 6.31. The van der Waals surface area contributed by atoms with E-state index in [1.165, 1.54) is 0 Å². The van der Waals surface area contributed by atoms with Crippen LogP contribution in [0.2, 0.25) is 5.02 Å². The summed E-state index contributed by atoms with van der Waals surface area (Å²) in [6.45, 7) is 1.91. The lowest BCUT2D eigenvalue weighted by Crippen LogP contribution is -2.11. The van der Waals surface area contributed by atoms with Gasteiger partial charge in [-0.25, -0.2) is 0 Å². The zero-order valence-electron chi connectivity index (χ0n) is 18.3. The van der Waals surface area contributed by atoms with E-state index in [9.17, 15) is 4.79 Å². The first-order chi connectivity index (χ1) is 16.6. The van der Waals surface area contributed by atoms with Crippen molar-refractivity contribution in [3.8, 4) is 5.69 Å². The van der Waals surface area contributed by atoms with Gasteiger partial charge in [0.15, 0.2) is 11.6 Å². The lowest BCUT2D eigenvalue weighted by atomic mass is 10.0. The van der Waals surface area contributed by atoms with Crippen LogP contribution in [0.4, 0.5) is 0 Å². The molecule has 34 heavy (non-hydrogen) atoms. The van der Waals surface area contributed by atoms with Crippen LogP contribution in [-0.2, 0) is 0 Å². The molecule has 0 saturated carbocycles. The Balaban J connectivity index is 1.48. The molecule has 0 N–H and O–H groups in total. The first kappa shape index (κ1) is 20.6. The predicted octanol–water partition coefficient (Wildman–Crippen LogP) is 6.14. The molecule has 1 aliphatic heterocycles. The lowest BCUT2D eigenvalue weighted by Gasteiger charge is -2.12. The van der Waals surface area contributed by atoms with Crippen molar-refractivity contribution in [2.75, 3.05) is 0 Å². The summed E-state index contributed by atoms with van der Waals surface area (Å²) in [7, 11) is 0. The number of aromatic nitrogens is 3. The van der Waals surface area contributed by atoms with E-state index in [4.69, 9.17) is 21.0 Å². The molecule has 0 spiro atoms. The summed E-state index contributed by atoms with van der Waals surface area (Å²) in [5.41, 5.74) is 4.31. The topological polar surface area (TPSA) is 73.3 Å². The lowest BCUT2D eigenvalue weighted by molar-refractivity contribution is 0.0948. The Bertz CT molecular complexity index is 1580. The maximum atomic E-state index is 13.4. The van der Waals surface area contributed by atoms with Gasteiger partial charge in [-0.15, -0.1) is 10.2 Å². The normalized spacial score (nSPS) is 14.9. The third-order valence-corrected chi connectivity index (χ3v) is 6.25. The van der Waals surface area contributed by atoms with Gasteiger partial charge in [-0.2, -0.15) is 0 Å². The Morgan fingerprint density at radius 3 is 2.65 bits per heavy atom.